The summed E-state index contributed by atoms with van der Waals surface area (Å²) in [5.41, 5.74) is 4.15. The van der Waals surface area contributed by atoms with E-state index in [1.54, 1.807) is 3.88 Å². The fourth-order valence-corrected chi connectivity index (χ4v) is 13.4. The van der Waals surface area contributed by atoms with Gasteiger partial charge in [-0.25, -0.2) is 0 Å². The number of rotatable bonds is 3. The number of nitrogens with one attached hydrogen (secondary N) is 1. The molecule has 1 N–H and O–H groups in total. The molecule has 1 unspecified atom stereocenters. The summed E-state index contributed by atoms with van der Waals surface area (Å²) in [5, 5.41) is 0. The van der Waals surface area contributed by atoms with Gasteiger partial charge >= 0.3 is 132 Å². The largest absolute Gasteiger partial charge is 1.00 e. The van der Waals surface area contributed by atoms with Gasteiger partial charge in [-0.15, -0.1) is 0 Å². The van der Waals surface area contributed by atoms with Crippen LogP contribution >= 0.6 is 0 Å². The molecule has 0 aromatic rings. The molecule has 22 heavy (non-hydrogen) atoms. The zero-order chi connectivity index (χ0) is 15.8. The van der Waals surface area contributed by atoms with Crippen LogP contribution in [0.2, 0.25) is 13.1 Å². The van der Waals surface area contributed by atoms with Gasteiger partial charge in [0.25, 0.3) is 0 Å². The Morgan fingerprint density at radius 3 is 1.82 bits per heavy atom. The van der Waals surface area contributed by atoms with Crippen LogP contribution in [0.5, 0.6) is 0 Å². The molecule has 127 valence electrons. The molecule has 0 saturated heterocycles. The van der Waals surface area contributed by atoms with Crippen LogP contribution in [0.25, 0.3) is 0 Å². The molecule has 0 aromatic carbocycles. The Balaban J connectivity index is 0. The summed E-state index contributed by atoms with van der Waals surface area (Å²) in [6, 6.07) is 0. The Bertz CT molecular complexity index is 481. The molecule has 1 aliphatic carbocycles. The quantitative estimate of drug-likeness (QED) is 0.544. The second-order valence-electron chi connectivity index (χ2n) is 7.34. The van der Waals surface area contributed by atoms with Crippen molar-refractivity contribution in [2.24, 2.45) is 11.3 Å². The second-order valence-corrected chi connectivity index (χ2v) is 20.0. The normalized spacial score (nSPS) is 18.2. The van der Waals surface area contributed by atoms with E-state index in [2.05, 4.69) is 44.6 Å². The van der Waals surface area contributed by atoms with E-state index < -0.39 is 24.0 Å². The van der Waals surface area contributed by atoms with Crippen molar-refractivity contribution in [3.05, 3.63) is 20.6 Å². The number of amides is 1. The first kappa shape index (κ1) is 24.7. The molecule has 1 aliphatic rings. The van der Waals surface area contributed by atoms with Crippen LogP contribution in [0, 0.1) is 11.3 Å². The van der Waals surface area contributed by atoms with Crippen molar-refractivity contribution in [3.8, 4) is 0 Å². The van der Waals surface area contributed by atoms with E-state index in [-0.39, 0.29) is 36.1 Å². The number of hydrogen-bond donors (Lipinski definition) is 1. The molecular formula is C16H30Cl2NOSiTi. The molecule has 1 rings (SSSR count). The zero-order valence-corrected chi connectivity index (χ0v) is 19.5. The van der Waals surface area contributed by atoms with Crippen LogP contribution < -0.4 is 28.6 Å². The van der Waals surface area contributed by atoms with Gasteiger partial charge in [0.05, 0.1) is 0 Å². The van der Waals surface area contributed by atoms with Crippen molar-refractivity contribution >= 4 is 12.6 Å². The third-order valence-corrected chi connectivity index (χ3v) is 15.8. The van der Waals surface area contributed by atoms with Gasteiger partial charge in [-0.1, -0.05) is 0 Å². The summed E-state index contributed by atoms with van der Waals surface area (Å²) in [4.78, 5) is 12.4. The van der Waals surface area contributed by atoms with Gasteiger partial charge in [0.15, 0.2) is 0 Å². The van der Waals surface area contributed by atoms with E-state index in [9.17, 15) is 4.79 Å². The second kappa shape index (κ2) is 9.08. The number of halogens is 2. The maximum absolute atomic E-state index is 12.4. The van der Waals surface area contributed by atoms with Crippen molar-refractivity contribution in [3.63, 3.8) is 0 Å². The minimum atomic E-state index is -1.65. The number of carbonyl (C=O) groups excluding carboxylic acids is 1. The summed E-state index contributed by atoms with van der Waals surface area (Å²) >= 11 is -1.65. The van der Waals surface area contributed by atoms with E-state index in [0.29, 0.717) is 5.92 Å². The molecule has 0 bridgehead atoms. The minimum Gasteiger partial charge on any atom is -1.00 e. The van der Waals surface area contributed by atoms with E-state index >= 15 is 0 Å². The Hall–Kier alpha value is 0.461. The standard InChI is InChI=1S/C9H13.C5H11NO.C2H7Si.2ClH.Ti/c1-6-5-7(2)9(4)8(6)3;1-5(2,3)4(6)7;1-3-2;;;/h6H,1-4H3;1-3H3,(H2,6,7);3H,1-2H3;2*1H;/q;;;;;+3/p-3. The van der Waals surface area contributed by atoms with Gasteiger partial charge in [-0.05, 0) is 0 Å². The van der Waals surface area contributed by atoms with Crippen LogP contribution in [0.1, 0.15) is 48.5 Å². The van der Waals surface area contributed by atoms with Gasteiger partial charge in [0.2, 0.25) is 0 Å². The summed E-state index contributed by atoms with van der Waals surface area (Å²) < 4.78 is 5.13. The molecule has 0 aromatic heterocycles. The van der Waals surface area contributed by atoms with E-state index in [1.165, 1.54) is 16.7 Å². The SMILES string of the molecule is CC1=C(C)C(C)[C]([Ti+2]([NH]C(=O)C(C)(C)C)[SiH](C)C)=C1C.[Cl-].[Cl-]. The zero-order valence-electron chi connectivity index (χ0n) is 15.3. The van der Waals surface area contributed by atoms with Crippen molar-refractivity contribution in [2.45, 2.75) is 61.6 Å². The molecule has 6 heteroatoms. The minimum absolute atomic E-state index is 0. The van der Waals surface area contributed by atoms with Crippen LogP contribution in [0.15, 0.2) is 20.6 Å². The Labute approximate surface area is 156 Å². The Kier molecular flexibility index (Phi) is 10.2. The van der Waals surface area contributed by atoms with E-state index in [4.69, 9.17) is 0 Å². The average molecular weight is 399 g/mol. The fraction of sp³-hybridized carbons (Fsp3) is 0.688. The number of hydrogen-bond acceptors (Lipinski definition) is 1. The number of carbonyl (C=O) groups is 1. The number of allylic oxidation sites excluding steroid dienone is 4. The topological polar surface area (TPSA) is 29.1 Å². The average Bonchev–Trinajstić information content (AvgIpc) is 2.50. The molecule has 1 atom stereocenters. The first-order chi connectivity index (χ1) is 8.98. The van der Waals surface area contributed by atoms with Gasteiger partial charge < -0.3 is 24.8 Å². The molecule has 0 radical (unpaired) electrons. The maximum Gasteiger partial charge on any atom is -1.00 e. The van der Waals surface area contributed by atoms with Crippen LogP contribution in [-0.4, -0.2) is 12.6 Å². The smallest absolute Gasteiger partial charge is 1.00 e. The summed E-state index contributed by atoms with van der Waals surface area (Å²) in [6.07, 6.45) is 0. The third-order valence-electron chi connectivity index (χ3n) is 4.44. The van der Waals surface area contributed by atoms with E-state index in [1.807, 2.05) is 20.8 Å². The molecular weight excluding hydrogens is 369 g/mol. The third kappa shape index (κ3) is 5.24. The molecule has 2 nitrogen and oxygen atoms in total. The Morgan fingerprint density at radius 2 is 1.55 bits per heavy atom. The molecule has 1 amide bonds. The predicted octanol–water partition coefficient (Wildman–Crippen LogP) is -2.07. The predicted molar refractivity (Wildman–Crippen MR) is 86.7 cm³/mol. The molecule has 0 aliphatic heterocycles. The van der Waals surface area contributed by atoms with Crippen molar-refractivity contribution in [2.75, 3.05) is 0 Å². The van der Waals surface area contributed by atoms with Crippen LogP contribution in [0.3, 0.4) is 0 Å². The van der Waals surface area contributed by atoms with Crippen molar-refractivity contribution in [1.29, 1.82) is 0 Å². The van der Waals surface area contributed by atoms with Crippen LogP contribution in [-0.2, 0) is 22.2 Å². The Morgan fingerprint density at radius 1 is 1.09 bits per heavy atom. The van der Waals surface area contributed by atoms with Crippen molar-refractivity contribution < 1.29 is 47.0 Å². The van der Waals surface area contributed by atoms with Crippen molar-refractivity contribution in [1.82, 2.24) is 3.80 Å². The van der Waals surface area contributed by atoms with Gasteiger partial charge in [-0.2, -0.15) is 0 Å². The molecule has 0 heterocycles. The van der Waals surface area contributed by atoms with Gasteiger partial charge in [0.1, 0.15) is 0 Å². The first-order valence-electron chi connectivity index (χ1n) is 7.55. The maximum atomic E-state index is 12.4. The molecule has 0 spiro atoms. The van der Waals surface area contributed by atoms with Gasteiger partial charge in [0, 0.05) is 0 Å². The molecule has 0 fully saturated rings. The summed E-state index contributed by atoms with van der Waals surface area (Å²) in [7, 11) is 0. The fourth-order valence-electron chi connectivity index (χ4n) is 2.63. The molecule has 0 saturated carbocycles. The first-order valence-corrected chi connectivity index (χ1v) is 14.7. The summed E-state index contributed by atoms with van der Waals surface area (Å²) in [5.74, 6) is 0.781. The monoisotopic (exact) mass is 398 g/mol. The van der Waals surface area contributed by atoms with E-state index in [0.717, 1.165) is 0 Å². The van der Waals surface area contributed by atoms with Crippen LogP contribution in [0.4, 0.5) is 0 Å². The van der Waals surface area contributed by atoms with Gasteiger partial charge in [-0.3, -0.25) is 0 Å². The summed E-state index contributed by atoms with van der Waals surface area (Å²) in [6.45, 7) is 19.0.